The second kappa shape index (κ2) is 7.61. The lowest BCUT2D eigenvalue weighted by molar-refractivity contribution is 0.482. The zero-order valence-corrected chi connectivity index (χ0v) is 17.5. The van der Waals surface area contributed by atoms with E-state index in [0.29, 0.717) is 11.6 Å². The molecule has 2 aromatic carbocycles. The second-order valence-electron chi connectivity index (χ2n) is 8.04. The monoisotopic (exact) mass is 418 g/mol. The number of nitrogen functional groups attached to an aromatic ring is 1. The number of nitrogens with two attached hydrogens (primary N) is 1. The van der Waals surface area contributed by atoms with Crippen LogP contribution in [-0.2, 0) is 19.4 Å². The van der Waals surface area contributed by atoms with Crippen LogP contribution in [0.2, 0.25) is 5.02 Å². The van der Waals surface area contributed by atoms with E-state index >= 15 is 0 Å². The van der Waals surface area contributed by atoms with Gasteiger partial charge in [-0.1, -0.05) is 41.9 Å². The van der Waals surface area contributed by atoms with Crippen LogP contribution in [0.4, 0.5) is 11.6 Å². The first kappa shape index (κ1) is 18.9. The Morgan fingerprint density at radius 3 is 2.93 bits per heavy atom. The standard InChI is InChI=1S/C23H23ClN6/c1-14-6-7-17(19(24)8-14)13-30-12-15(9-16-4-2-3-5-21(16)30)10-20-18-11-26-29-22(18)28-23(25)27-20/h2-8,11,15H,9-10,12-13H2,1H3,(H3,25,26,27,28,29). The summed E-state index contributed by atoms with van der Waals surface area (Å²) in [7, 11) is 0. The Morgan fingerprint density at radius 1 is 1.20 bits per heavy atom. The van der Waals surface area contributed by atoms with Crippen molar-refractivity contribution in [2.24, 2.45) is 5.92 Å². The molecule has 0 amide bonds. The molecular formula is C23H23ClN6. The molecule has 1 aliphatic heterocycles. The number of anilines is 2. The highest BCUT2D eigenvalue weighted by atomic mass is 35.5. The van der Waals surface area contributed by atoms with Crippen LogP contribution >= 0.6 is 11.6 Å². The number of nitrogens with zero attached hydrogens (tertiary/aromatic N) is 4. The van der Waals surface area contributed by atoms with Crippen molar-refractivity contribution < 1.29 is 0 Å². The number of para-hydroxylation sites is 1. The third-order valence-corrected chi connectivity index (χ3v) is 6.13. The molecule has 1 atom stereocenters. The summed E-state index contributed by atoms with van der Waals surface area (Å²) in [4.78, 5) is 11.2. The summed E-state index contributed by atoms with van der Waals surface area (Å²) in [6.07, 6.45) is 3.59. The fourth-order valence-electron chi connectivity index (χ4n) is 4.39. The van der Waals surface area contributed by atoms with Gasteiger partial charge in [0.2, 0.25) is 5.95 Å². The van der Waals surface area contributed by atoms with Crippen LogP contribution in [0.1, 0.15) is 22.4 Å². The van der Waals surface area contributed by atoms with E-state index in [4.69, 9.17) is 17.3 Å². The highest BCUT2D eigenvalue weighted by Crippen LogP contribution is 2.34. The Kier molecular flexibility index (Phi) is 4.79. The highest BCUT2D eigenvalue weighted by Gasteiger charge is 2.26. The van der Waals surface area contributed by atoms with Crippen LogP contribution in [0.15, 0.2) is 48.7 Å². The number of nitrogens with one attached hydrogen (secondary N) is 1. The Morgan fingerprint density at radius 2 is 2.07 bits per heavy atom. The molecule has 0 spiro atoms. The molecule has 1 aliphatic rings. The molecule has 0 aliphatic carbocycles. The maximum Gasteiger partial charge on any atom is 0.222 e. The maximum absolute atomic E-state index is 6.54. The van der Waals surface area contributed by atoms with Gasteiger partial charge < -0.3 is 10.6 Å². The van der Waals surface area contributed by atoms with E-state index in [2.05, 4.69) is 68.4 Å². The van der Waals surface area contributed by atoms with E-state index in [1.54, 1.807) is 6.20 Å². The van der Waals surface area contributed by atoms with Gasteiger partial charge in [0.25, 0.3) is 0 Å². The van der Waals surface area contributed by atoms with Crippen molar-refractivity contribution in [3.8, 4) is 0 Å². The van der Waals surface area contributed by atoms with Gasteiger partial charge in [-0.3, -0.25) is 5.10 Å². The van der Waals surface area contributed by atoms with Crippen LogP contribution < -0.4 is 10.6 Å². The van der Waals surface area contributed by atoms with Crippen LogP contribution in [0.5, 0.6) is 0 Å². The Bertz CT molecular complexity index is 1220. The first-order valence-corrected chi connectivity index (χ1v) is 10.5. The number of hydrogen-bond acceptors (Lipinski definition) is 5. The number of hydrogen-bond donors (Lipinski definition) is 2. The highest BCUT2D eigenvalue weighted by molar-refractivity contribution is 6.31. The van der Waals surface area contributed by atoms with Crippen molar-refractivity contribution in [3.05, 3.63) is 76.1 Å². The average Bonchev–Trinajstić information content (AvgIpc) is 3.19. The predicted octanol–water partition coefficient (Wildman–Crippen LogP) is 4.32. The van der Waals surface area contributed by atoms with Gasteiger partial charge in [-0.05, 0) is 54.5 Å². The van der Waals surface area contributed by atoms with Gasteiger partial charge in [0.15, 0.2) is 5.65 Å². The van der Waals surface area contributed by atoms with Gasteiger partial charge in [-0.25, -0.2) is 4.98 Å². The second-order valence-corrected chi connectivity index (χ2v) is 8.45. The molecule has 152 valence electrons. The van der Waals surface area contributed by atoms with Crippen LogP contribution in [0.3, 0.4) is 0 Å². The number of aromatic amines is 1. The molecular weight excluding hydrogens is 396 g/mol. The normalized spacial score (nSPS) is 16.1. The van der Waals surface area contributed by atoms with E-state index in [9.17, 15) is 0 Å². The Hall–Kier alpha value is -3.12. The zero-order valence-electron chi connectivity index (χ0n) is 16.8. The lowest BCUT2D eigenvalue weighted by Gasteiger charge is -2.36. The summed E-state index contributed by atoms with van der Waals surface area (Å²) in [6, 6.07) is 14.9. The van der Waals surface area contributed by atoms with E-state index in [0.717, 1.165) is 47.6 Å². The number of rotatable bonds is 4. The summed E-state index contributed by atoms with van der Waals surface area (Å²) in [5.41, 5.74) is 12.5. The van der Waals surface area contributed by atoms with Crippen LogP contribution in [0.25, 0.3) is 11.0 Å². The molecule has 6 nitrogen and oxygen atoms in total. The van der Waals surface area contributed by atoms with Crippen molar-refractivity contribution in [3.63, 3.8) is 0 Å². The molecule has 2 aromatic heterocycles. The summed E-state index contributed by atoms with van der Waals surface area (Å²) in [5.74, 6) is 0.678. The van der Waals surface area contributed by atoms with Gasteiger partial charge in [0, 0.05) is 23.8 Å². The lowest BCUT2D eigenvalue weighted by Crippen LogP contribution is -2.36. The summed E-state index contributed by atoms with van der Waals surface area (Å²) >= 11 is 6.54. The number of fused-ring (bicyclic) bond motifs is 2. The fourth-order valence-corrected chi connectivity index (χ4v) is 4.69. The van der Waals surface area contributed by atoms with E-state index in [-0.39, 0.29) is 5.95 Å². The zero-order chi connectivity index (χ0) is 20.7. The molecule has 0 saturated heterocycles. The van der Waals surface area contributed by atoms with Crippen molar-refractivity contribution in [2.45, 2.75) is 26.3 Å². The van der Waals surface area contributed by atoms with Crippen molar-refractivity contribution >= 4 is 34.3 Å². The Balaban J connectivity index is 1.46. The molecule has 30 heavy (non-hydrogen) atoms. The van der Waals surface area contributed by atoms with Crippen LogP contribution in [0, 0.1) is 12.8 Å². The molecule has 3 heterocycles. The van der Waals surface area contributed by atoms with E-state index in [1.165, 1.54) is 16.8 Å². The summed E-state index contributed by atoms with van der Waals surface area (Å²) < 4.78 is 0. The van der Waals surface area contributed by atoms with E-state index < -0.39 is 0 Å². The third-order valence-electron chi connectivity index (χ3n) is 5.78. The predicted molar refractivity (Wildman–Crippen MR) is 121 cm³/mol. The number of H-pyrrole nitrogens is 1. The number of aryl methyl sites for hydroxylation is 1. The van der Waals surface area contributed by atoms with Gasteiger partial charge in [-0.2, -0.15) is 10.1 Å². The van der Waals surface area contributed by atoms with Gasteiger partial charge in [0.05, 0.1) is 17.3 Å². The molecule has 1 unspecified atom stereocenters. The number of benzene rings is 2. The molecule has 0 bridgehead atoms. The third kappa shape index (κ3) is 3.59. The molecule has 0 radical (unpaired) electrons. The van der Waals surface area contributed by atoms with Gasteiger partial charge in [0.1, 0.15) is 0 Å². The first-order valence-electron chi connectivity index (χ1n) is 10.1. The van der Waals surface area contributed by atoms with Gasteiger partial charge >= 0.3 is 0 Å². The molecule has 3 N–H and O–H groups in total. The number of halogens is 1. The Labute approximate surface area is 180 Å². The lowest BCUT2D eigenvalue weighted by atomic mass is 9.88. The quantitative estimate of drug-likeness (QED) is 0.515. The molecule has 0 fully saturated rings. The van der Waals surface area contributed by atoms with Crippen LogP contribution in [-0.4, -0.2) is 26.7 Å². The average molecular weight is 419 g/mol. The van der Waals surface area contributed by atoms with Crippen molar-refractivity contribution in [1.82, 2.24) is 20.2 Å². The van der Waals surface area contributed by atoms with Gasteiger partial charge in [-0.15, -0.1) is 0 Å². The van der Waals surface area contributed by atoms with Crippen molar-refractivity contribution in [1.29, 1.82) is 0 Å². The minimum absolute atomic E-state index is 0.279. The summed E-state index contributed by atoms with van der Waals surface area (Å²) in [5, 5.41) is 8.77. The van der Waals surface area contributed by atoms with Crippen molar-refractivity contribution in [2.75, 3.05) is 17.2 Å². The first-order chi connectivity index (χ1) is 14.6. The maximum atomic E-state index is 6.54. The smallest absolute Gasteiger partial charge is 0.222 e. The SMILES string of the molecule is Cc1ccc(CN2CC(Cc3nc(N)nc4[nH]ncc34)Cc3ccccc32)c(Cl)c1. The molecule has 4 aromatic rings. The minimum atomic E-state index is 0.279. The molecule has 0 saturated carbocycles. The summed E-state index contributed by atoms with van der Waals surface area (Å²) in [6.45, 7) is 3.76. The topological polar surface area (TPSA) is 83.7 Å². The molecule has 5 rings (SSSR count). The largest absolute Gasteiger partial charge is 0.368 e. The molecule has 7 heteroatoms. The number of aromatic nitrogens is 4. The van der Waals surface area contributed by atoms with E-state index in [1.807, 2.05) is 6.07 Å². The fraction of sp³-hybridized carbons (Fsp3) is 0.261. The minimum Gasteiger partial charge on any atom is -0.368 e.